The average molecular weight is 191 g/mol. The molecule has 56 valence electrons. The minimum absolute atomic E-state index is 0. The molecule has 12 heavy (non-hydrogen) atoms. The fourth-order valence-corrected chi connectivity index (χ4v) is 1.10. The molecule has 0 unspecified atom stereocenters. The third kappa shape index (κ3) is 1.56. The van der Waals surface area contributed by atoms with E-state index in [0.717, 1.165) is 5.39 Å². The SMILES string of the molecule is Nc1nc(Cl)c2cc[n-]c2n1.[Na+]. The van der Waals surface area contributed by atoms with Gasteiger partial charge in [0.15, 0.2) is 0 Å². The zero-order chi connectivity index (χ0) is 7.84. The van der Waals surface area contributed by atoms with E-state index < -0.39 is 0 Å². The molecular weight excluding hydrogens is 187 g/mol. The number of rotatable bonds is 0. The maximum atomic E-state index is 5.73. The van der Waals surface area contributed by atoms with Crippen LogP contribution >= 0.6 is 11.6 Å². The summed E-state index contributed by atoms with van der Waals surface area (Å²) in [5, 5.41) is 1.09. The molecule has 2 aromatic rings. The van der Waals surface area contributed by atoms with E-state index in [1.165, 1.54) is 0 Å². The average Bonchev–Trinajstić information content (AvgIpc) is 2.34. The first-order valence-corrected chi connectivity index (χ1v) is 3.35. The zero-order valence-corrected chi connectivity index (χ0v) is 9.21. The molecule has 6 heteroatoms. The molecule has 0 aromatic carbocycles. The van der Waals surface area contributed by atoms with Gasteiger partial charge in [-0.1, -0.05) is 23.9 Å². The van der Waals surface area contributed by atoms with E-state index in [1.54, 1.807) is 12.3 Å². The van der Waals surface area contributed by atoms with Crippen molar-refractivity contribution in [3.05, 3.63) is 17.4 Å². The summed E-state index contributed by atoms with van der Waals surface area (Å²) in [6, 6.07) is 1.75. The third-order valence-electron chi connectivity index (χ3n) is 1.33. The van der Waals surface area contributed by atoms with E-state index in [2.05, 4.69) is 15.0 Å². The number of nitrogens with zero attached hydrogens (tertiary/aromatic N) is 3. The van der Waals surface area contributed by atoms with Crippen LogP contribution in [0, 0.1) is 0 Å². The van der Waals surface area contributed by atoms with E-state index in [-0.39, 0.29) is 35.5 Å². The molecule has 0 amide bonds. The van der Waals surface area contributed by atoms with E-state index in [1.807, 2.05) is 0 Å². The van der Waals surface area contributed by atoms with Crippen molar-refractivity contribution in [1.82, 2.24) is 15.0 Å². The topological polar surface area (TPSA) is 65.9 Å². The van der Waals surface area contributed by atoms with E-state index >= 15 is 0 Å². The van der Waals surface area contributed by atoms with Crippen LogP contribution in [0.15, 0.2) is 12.3 Å². The van der Waals surface area contributed by atoms with Crippen molar-refractivity contribution in [2.24, 2.45) is 0 Å². The van der Waals surface area contributed by atoms with Crippen molar-refractivity contribution in [3.8, 4) is 0 Å². The number of aromatic nitrogens is 3. The number of anilines is 1. The second-order valence-electron chi connectivity index (χ2n) is 2.05. The van der Waals surface area contributed by atoms with Gasteiger partial charge in [-0.2, -0.15) is 0 Å². The van der Waals surface area contributed by atoms with Crippen molar-refractivity contribution < 1.29 is 29.6 Å². The second kappa shape index (κ2) is 3.62. The van der Waals surface area contributed by atoms with Crippen molar-refractivity contribution in [2.45, 2.75) is 0 Å². The molecule has 0 bridgehead atoms. The summed E-state index contributed by atoms with van der Waals surface area (Å²) in [7, 11) is 0. The normalized spacial score (nSPS) is 9.75. The van der Waals surface area contributed by atoms with Crippen molar-refractivity contribution in [2.75, 3.05) is 5.73 Å². The third-order valence-corrected chi connectivity index (χ3v) is 1.62. The Balaban J connectivity index is 0.000000720. The molecule has 2 N–H and O–H groups in total. The van der Waals surface area contributed by atoms with Gasteiger partial charge in [-0.3, -0.25) is 0 Å². The maximum absolute atomic E-state index is 5.73. The molecule has 2 aromatic heterocycles. The Labute approximate surface area is 95.8 Å². The molecule has 0 aliphatic carbocycles. The molecule has 2 rings (SSSR count). The number of nitrogens with two attached hydrogens (primary N) is 1. The molecule has 0 atom stereocenters. The Kier molecular flexibility index (Phi) is 2.95. The summed E-state index contributed by atoms with van der Waals surface area (Å²) in [6.45, 7) is 0. The molecule has 0 aliphatic heterocycles. The van der Waals surface area contributed by atoms with Crippen LogP contribution in [0.5, 0.6) is 0 Å². The van der Waals surface area contributed by atoms with Crippen LogP contribution in [0.4, 0.5) is 5.95 Å². The van der Waals surface area contributed by atoms with Gasteiger partial charge in [-0.15, -0.1) is 0 Å². The second-order valence-corrected chi connectivity index (χ2v) is 2.41. The van der Waals surface area contributed by atoms with Gasteiger partial charge < -0.3 is 15.7 Å². The Morgan fingerprint density at radius 2 is 2.17 bits per heavy atom. The fourth-order valence-electron chi connectivity index (χ4n) is 0.871. The Hall–Kier alpha value is -0.290. The molecule has 4 nitrogen and oxygen atoms in total. The standard InChI is InChI=1S/C6H4ClN4.Na/c7-4-3-1-2-9-5(3)11-6(8)10-4;/h1-2H,(H2-,8,9,10,11);/q-1;+1. The predicted octanol–water partition coefficient (Wildman–Crippen LogP) is -2.17. The number of hydrogen-bond donors (Lipinski definition) is 1. The van der Waals surface area contributed by atoms with E-state index in [0.29, 0.717) is 10.8 Å². The van der Waals surface area contributed by atoms with Crippen LogP contribution in [0.25, 0.3) is 11.0 Å². The van der Waals surface area contributed by atoms with Crippen LogP contribution in [-0.2, 0) is 0 Å². The Morgan fingerprint density at radius 3 is 2.92 bits per heavy atom. The van der Waals surface area contributed by atoms with Gasteiger partial charge in [0, 0.05) is 5.39 Å². The van der Waals surface area contributed by atoms with E-state index in [9.17, 15) is 0 Å². The van der Waals surface area contributed by atoms with Crippen molar-refractivity contribution >= 4 is 28.6 Å². The summed E-state index contributed by atoms with van der Waals surface area (Å²) in [6.07, 6.45) is 1.62. The van der Waals surface area contributed by atoms with Crippen LogP contribution < -0.4 is 40.3 Å². The minimum atomic E-state index is 0. The zero-order valence-electron chi connectivity index (χ0n) is 6.45. The van der Waals surface area contributed by atoms with Crippen molar-refractivity contribution in [3.63, 3.8) is 0 Å². The monoisotopic (exact) mass is 190 g/mol. The molecule has 2 heterocycles. The molecule has 0 fully saturated rings. The first-order chi connectivity index (χ1) is 5.27. The summed E-state index contributed by atoms with van der Waals surface area (Å²) in [5.74, 6) is 0.154. The predicted molar refractivity (Wildman–Crippen MR) is 42.3 cm³/mol. The molecule has 0 saturated carbocycles. The van der Waals surface area contributed by atoms with Gasteiger partial charge in [0.2, 0.25) is 0 Å². The van der Waals surface area contributed by atoms with Crippen LogP contribution in [0.2, 0.25) is 5.15 Å². The number of fused-ring (bicyclic) bond motifs is 1. The number of halogens is 1. The van der Waals surface area contributed by atoms with Crippen molar-refractivity contribution in [1.29, 1.82) is 0 Å². The largest absolute Gasteiger partial charge is 1.00 e. The Bertz CT molecular complexity index is 399. The maximum Gasteiger partial charge on any atom is 1.00 e. The summed E-state index contributed by atoms with van der Waals surface area (Å²) < 4.78 is 0. The first kappa shape index (κ1) is 9.80. The fraction of sp³-hybridized carbons (Fsp3) is 0. The van der Waals surface area contributed by atoms with E-state index in [4.69, 9.17) is 17.3 Å². The molecule has 0 saturated heterocycles. The Morgan fingerprint density at radius 1 is 1.42 bits per heavy atom. The summed E-state index contributed by atoms with van der Waals surface area (Å²) in [5.41, 5.74) is 5.88. The van der Waals surface area contributed by atoms with Gasteiger partial charge in [-0.25, -0.2) is 4.98 Å². The van der Waals surface area contributed by atoms with Crippen LogP contribution in [-0.4, -0.2) is 9.97 Å². The smallest absolute Gasteiger partial charge is 0.442 e. The summed E-state index contributed by atoms with van der Waals surface area (Å²) in [4.78, 5) is 11.6. The molecule has 0 spiro atoms. The van der Waals surface area contributed by atoms with Gasteiger partial charge in [-0.05, 0) is 5.65 Å². The molecule has 0 radical (unpaired) electrons. The number of hydrogen-bond acceptors (Lipinski definition) is 3. The van der Waals surface area contributed by atoms with Gasteiger partial charge >= 0.3 is 29.6 Å². The minimum Gasteiger partial charge on any atom is -0.442 e. The summed E-state index contributed by atoms with van der Waals surface area (Å²) >= 11 is 5.73. The van der Waals surface area contributed by atoms with Crippen LogP contribution in [0.3, 0.4) is 0 Å². The first-order valence-electron chi connectivity index (χ1n) is 2.98. The number of nitrogen functional groups attached to an aromatic ring is 1. The van der Waals surface area contributed by atoms with Crippen LogP contribution in [0.1, 0.15) is 0 Å². The van der Waals surface area contributed by atoms with Gasteiger partial charge in [0.05, 0.1) is 0 Å². The van der Waals surface area contributed by atoms with Gasteiger partial charge in [0.1, 0.15) is 11.1 Å². The molecule has 0 aliphatic rings. The van der Waals surface area contributed by atoms with Gasteiger partial charge in [0.25, 0.3) is 0 Å². The quantitative estimate of drug-likeness (QED) is 0.379. The molecular formula is C6H4ClN4Na.